The molecule has 0 amide bonds. The second kappa shape index (κ2) is 9.88. The van der Waals surface area contributed by atoms with Gasteiger partial charge in [-0.15, -0.1) is 5.10 Å². The molecule has 0 aliphatic heterocycles. The van der Waals surface area contributed by atoms with Crippen LogP contribution in [0.4, 0.5) is 22.0 Å². The van der Waals surface area contributed by atoms with Gasteiger partial charge < -0.3 is 10.8 Å². The van der Waals surface area contributed by atoms with Gasteiger partial charge in [0.05, 0.1) is 18.3 Å². The number of nitrogens with zero attached hydrogens (tertiary/aromatic N) is 5. The minimum Gasteiger partial charge on any atom is -0.475 e. The Morgan fingerprint density at radius 3 is 2.38 bits per heavy atom. The maximum absolute atomic E-state index is 12.7. The van der Waals surface area contributed by atoms with Crippen LogP contribution in [0, 0.1) is 11.8 Å². The number of pyridine rings is 1. The Balaban J connectivity index is 0.000000451. The number of carbonyl (C=O) groups is 1. The molecular formula is C18H15F5N6O3. The molecule has 0 saturated heterocycles. The molecule has 0 aliphatic rings. The topological polar surface area (TPSA) is 120 Å². The molecule has 3 N–H and O–H groups in total. The molecule has 0 fully saturated rings. The van der Waals surface area contributed by atoms with Crippen LogP contribution in [0.25, 0.3) is 5.65 Å². The van der Waals surface area contributed by atoms with Crippen molar-refractivity contribution in [3.63, 3.8) is 0 Å². The number of aromatic nitrogens is 5. The first-order chi connectivity index (χ1) is 14.9. The van der Waals surface area contributed by atoms with Gasteiger partial charge in [0.15, 0.2) is 5.65 Å². The van der Waals surface area contributed by atoms with Crippen LogP contribution in [0.5, 0.6) is 0 Å². The van der Waals surface area contributed by atoms with Crippen molar-refractivity contribution in [2.75, 3.05) is 6.54 Å². The number of aliphatic carboxylic acids is 1. The zero-order chi connectivity index (χ0) is 24.1. The van der Waals surface area contributed by atoms with Gasteiger partial charge in [-0.1, -0.05) is 11.8 Å². The highest BCUT2D eigenvalue weighted by atomic mass is 19.4. The SMILES string of the molecule is Cn1cc(C#Cc2ccn3c(=O)n(CC(CN)=C(F)F)nc3c2)cn1.O=C(O)C(F)(F)F. The number of fused-ring (bicyclic) bond motifs is 1. The van der Waals surface area contributed by atoms with E-state index in [9.17, 15) is 26.7 Å². The van der Waals surface area contributed by atoms with E-state index in [0.717, 1.165) is 10.2 Å². The highest BCUT2D eigenvalue weighted by molar-refractivity contribution is 5.73. The summed E-state index contributed by atoms with van der Waals surface area (Å²) in [5, 5.41) is 15.2. The van der Waals surface area contributed by atoms with Crippen LogP contribution in [0.3, 0.4) is 0 Å². The van der Waals surface area contributed by atoms with Crippen molar-refractivity contribution in [3.8, 4) is 11.8 Å². The van der Waals surface area contributed by atoms with Gasteiger partial charge in [-0.05, 0) is 12.1 Å². The van der Waals surface area contributed by atoms with Crippen LogP contribution in [0.1, 0.15) is 11.1 Å². The third-order valence-corrected chi connectivity index (χ3v) is 3.74. The molecule has 3 aromatic rings. The molecule has 0 aliphatic carbocycles. The van der Waals surface area contributed by atoms with Crippen LogP contribution in [0.15, 0.2) is 47.2 Å². The minimum atomic E-state index is -5.08. The van der Waals surface area contributed by atoms with E-state index < -0.39 is 23.9 Å². The summed E-state index contributed by atoms with van der Waals surface area (Å²) in [5.74, 6) is 3.14. The molecule has 0 atom stereocenters. The minimum absolute atomic E-state index is 0.318. The van der Waals surface area contributed by atoms with Crippen LogP contribution in [-0.2, 0) is 18.4 Å². The summed E-state index contributed by atoms with van der Waals surface area (Å²) < 4.78 is 61.0. The first-order valence-electron chi connectivity index (χ1n) is 8.55. The molecule has 0 unspecified atom stereocenters. The van der Waals surface area contributed by atoms with Crippen LogP contribution in [-0.4, -0.2) is 47.8 Å². The van der Waals surface area contributed by atoms with Gasteiger partial charge in [0.1, 0.15) is 0 Å². The Hall–Kier alpha value is -3.99. The maximum Gasteiger partial charge on any atom is 0.490 e. The van der Waals surface area contributed by atoms with E-state index >= 15 is 0 Å². The quantitative estimate of drug-likeness (QED) is 0.452. The Morgan fingerprint density at radius 2 is 1.88 bits per heavy atom. The summed E-state index contributed by atoms with van der Waals surface area (Å²) >= 11 is 0. The number of carboxylic acid groups (broad SMARTS) is 1. The average Bonchev–Trinajstić information content (AvgIpc) is 3.26. The van der Waals surface area contributed by atoms with Gasteiger partial charge >= 0.3 is 17.8 Å². The van der Waals surface area contributed by atoms with Crippen LogP contribution in [0.2, 0.25) is 0 Å². The second-order valence-electron chi connectivity index (χ2n) is 6.11. The summed E-state index contributed by atoms with van der Waals surface area (Å²) in [6.45, 7) is -0.694. The third-order valence-electron chi connectivity index (χ3n) is 3.74. The summed E-state index contributed by atoms with van der Waals surface area (Å²) in [5.41, 5.74) is 6.13. The number of rotatable bonds is 3. The molecule has 3 rings (SSSR count). The summed E-state index contributed by atoms with van der Waals surface area (Å²) in [6.07, 6.45) is -2.06. The molecule has 170 valence electrons. The average molecular weight is 458 g/mol. The molecule has 0 spiro atoms. The predicted molar refractivity (Wildman–Crippen MR) is 101 cm³/mol. The van der Waals surface area contributed by atoms with Crippen molar-refractivity contribution in [1.29, 1.82) is 0 Å². The highest BCUT2D eigenvalue weighted by Crippen LogP contribution is 2.13. The van der Waals surface area contributed by atoms with Gasteiger partial charge in [-0.3, -0.25) is 9.08 Å². The summed E-state index contributed by atoms with van der Waals surface area (Å²) in [4.78, 5) is 21.1. The van der Waals surface area contributed by atoms with E-state index in [1.807, 2.05) is 0 Å². The molecule has 0 saturated carbocycles. The number of hydrogen-bond donors (Lipinski definition) is 2. The first-order valence-corrected chi connectivity index (χ1v) is 8.55. The molecule has 3 aromatic heterocycles. The van der Waals surface area contributed by atoms with Crippen LogP contribution < -0.4 is 11.4 Å². The number of aryl methyl sites for hydroxylation is 1. The lowest BCUT2D eigenvalue weighted by Gasteiger charge is -2.01. The van der Waals surface area contributed by atoms with Gasteiger partial charge in [0.2, 0.25) is 0 Å². The molecule has 3 heterocycles. The van der Waals surface area contributed by atoms with Crippen molar-refractivity contribution in [3.05, 3.63) is 64.0 Å². The van der Waals surface area contributed by atoms with Crippen molar-refractivity contribution < 1.29 is 31.9 Å². The number of hydrogen-bond acceptors (Lipinski definition) is 5. The molecule has 32 heavy (non-hydrogen) atoms. The molecular weight excluding hydrogens is 443 g/mol. The Labute approximate surface area is 176 Å². The lowest BCUT2D eigenvalue weighted by molar-refractivity contribution is -0.192. The van der Waals surface area contributed by atoms with E-state index in [1.54, 1.807) is 36.3 Å². The van der Waals surface area contributed by atoms with Gasteiger partial charge in [-0.25, -0.2) is 14.3 Å². The van der Waals surface area contributed by atoms with Gasteiger partial charge in [-0.2, -0.15) is 27.1 Å². The maximum atomic E-state index is 12.7. The molecule has 0 radical (unpaired) electrons. The molecule has 9 nitrogen and oxygen atoms in total. The van der Waals surface area contributed by atoms with E-state index in [2.05, 4.69) is 22.0 Å². The van der Waals surface area contributed by atoms with Gasteiger partial charge in [0.25, 0.3) is 6.08 Å². The van der Waals surface area contributed by atoms with Crippen molar-refractivity contribution in [1.82, 2.24) is 24.0 Å². The zero-order valence-electron chi connectivity index (χ0n) is 16.3. The van der Waals surface area contributed by atoms with E-state index in [1.165, 1.54) is 10.6 Å². The van der Waals surface area contributed by atoms with Crippen molar-refractivity contribution in [2.24, 2.45) is 12.8 Å². The fourth-order valence-corrected chi connectivity index (χ4v) is 2.21. The van der Waals surface area contributed by atoms with E-state index in [-0.39, 0.29) is 18.7 Å². The molecule has 0 aromatic carbocycles. The molecule has 0 bridgehead atoms. The number of carboxylic acids is 1. The number of halogens is 5. The largest absolute Gasteiger partial charge is 0.490 e. The lowest BCUT2D eigenvalue weighted by Crippen LogP contribution is -2.24. The highest BCUT2D eigenvalue weighted by Gasteiger charge is 2.38. The van der Waals surface area contributed by atoms with Gasteiger partial charge in [0, 0.05) is 37.1 Å². The fourth-order valence-electron chi connectivity index (χ4n) is 2.21. The molecule has 14 heteroatoms. The van der Waals surface area contributed by atoms with Crippen molar-refractivity contribution >= 4 is 11.6 Å². The smallest absolute Gasteiger partial charge is 0.475 e. The fraction of sp³-hybridized carbons (Fsp3) is 0.222. The lowest BCUT2D eigenvalue weighted by atomic mass is 10.2. The Kier molecular flexibility index (Phi) is 7.50. The zero-order valence-corrected chi connectivity index (χ0v) is 16.3. The normalized spacial score (nSPS) is 10.7. The second-order valence-corrected chi connectivity index (χ2v) is 6.11. The van der Waals surface area contributed by atoms with Crippen LogP contribution >= 0.6 is 0 Å². The third kappa shape index (κ3) is 6.25. The van der Waals surface area contributed by atoms with Crippen molar-refractivity contribution in [2.45, 2.75) is 12.7 Å². The van der Waals surface area contributed by atoms with E-state index in [0.29, 0.717) is 11.2 Å². The Bertz CT molecular complexity index is 1270. The standard InChI is InChI=1S/C16H14F2N6O.C2HF3O2/c1-22-9-12(8-20-22)3-2-11-4-5-23-14(6-11)21-24(16(23)25)10-13(7-19)15(17)18;3-2(4,5)1(6)7/h4-6,8-9H,7,10,19H2,1H3;(H,6,7). The monoisotopic (exact) mass is 458 g/mol. The predicted octanol–water partition coefficient (Wildman–Crippen LogP) is 1.37. The first kappa shape index (κ1) is 24.3. The summed E-state index contributed by atoms with van der Waals surface area (Å²) in [7, 11) is 1.79. The number of nitrogens with two attached hydrogens (primary N) is 1. The number of alkyl halides is 3. The Morgan fingerprint density at radius 1 is 1.25 bits per heavy atom. The van der Waals surface area contributed by atoms with E-state index in [4.69, 9.17) is 15.6 Å². The summed E-state index contributed by atoms with van der Waals surface area (Å²) in [6, 6.07) is 3.26.